The summed E-state index contributed by atoms with van der Waals surface area (Å²) < 4.78 is 0. The molecule has 0 bridgehead atoms. The maximum Gasteiger partial charge on any atom is 0.0713 e. The first kappa shape index (κ1) is 47.7. The van der Waals surface area contributed by atoms with Crippen molar-refractivity contribution in [2.45, 2.75) is 24.7 Å². The summed E-state index contributed by atoms with van der Waals surface area (Å²) in [6.07, 6.45) is 0. The second kappa shape index (κ2) is 18.7. The lowest BCUT2D eigenvalue weighted by Crippen LogP contribution is -2.28. The van der Waals surface area contributed by atoms with Gasteiger partial charge in [0.15, 0.2) is 0 Å². The number of hydrogen-bond acceptors (Lipinski definition) is 2. The first-order valence-corrected chi connectivity index (χ1v) is 28.7. The van der Waals surface area contributed by atoms with Gasteiger partial charge in [0, 0.05) is 33.5 Å². The highest BCUT2D eigenvalue weighted by Gasteiger charge is 2.47. The van der Waals surface area contributed by atoms with Crippen LogP contribution in [0.4, 0.5) is 34.1 Å². The first-order valence-electron chi connectivity index (χ1n) is 28.7. The van der Waals surface area contributed by atoms with Gasteiger partial charge in [-0.3, -0.25) is 0 Å². The predicted molar refractivity (Wildman–Crippen MR) is 344 cm³/mol. The summed E-state index contributed by atoms with van der Waals surface area (Å²) in [5.74, 6) is 0. The largest absolute Gasteiger partial charge is 0.310 e. The van der Waals surface area contributed by atoms with Crippen molar-refractivity contribution in [2.75, 3.05) is 9.80 Å². The van der Waals surface area contributed by atoms with Gasteiger partial charge in [-0.15, -0.1) is 0 Å². The summed E-state index contributed by atoms with van der Waals surface area (Å²) >= 11 is 0. The Morgan fingerprint density at radius 3 is 0.915 bits per heavy atom. The van der Waals surface area contributed by atoms with Crippen molar-refractivity contribution >= 4 is 66.4 Å². The Balaban J connectivity index is 0.862. The molecule has 14 aromatic carbocycles. The standard InChI is InChI=1S/C80H56N2/c1-53-19-17-25-63(51-53)81(61-43-39-59(40-44-61)79(57-21-5-3-6-22-57)71-31-13-9-27-65(71)66-28-10-14-32-72(66)79)75-49-37-55-36-48-70-76(50-38-56-35-47-69(75)77(55)78(56)70)82(64-26-18-20-54(2)52-64)62-45-41-60(42-46-62)80(58-23-7-4-8-24-58)73-33-15-11-29-67(73)68-30-12-16-34-74(68)80/h3-52H,1-2H3. The fourth-order valence-electron chi connectivity index (χ4n) is 14.7. The third-order valence-corrected chi connectivity index (χ3v) is 18.1. The molecule has 0 aliphatic heterocycles. The molecular weight excluding hydrogens is 989 g/mol. The van der Waals surface area contributed by atoms with Gasteiger partial charge < -0.3 is 9.80 Å². The highest BCUT2D eigenvalue weighted by atomic mass is 15.1. The molecule has 14 aromatic rings. The number of anilines is 6. The number of fused-ring (bicyclic) bond motifs is 6. The number of hydrogen-bond donors (Lipinski definition) is 0. The molecule has 0 saturated carbocycles. The quantitative estimate of drug-likeness (QED) is 0.126. The van der Waals surface area contributed by atoms with E-state index >= 15 is 0 Å². The van der Waals surface area contributed by atoms with E-state index in [1.54, 1.807) is 0 Å². The minimum Gasteiger partial charge on any atom is -0.310 e. The predicted octanol–water partition coefficient (Wildman–Crippen LogP) is 20.9. The Kier molecular flexibility index (Phi) is 10.9. The van der Waals surface area contributed by atoms with Crippen molar-refractivity contribution in [1.29, 1.82) is 0 Å². The van der Waals surface area contributed by atoms with E-state index in [4.69, 9.17) is 0 Å². The molecule has 0 amide bonds. The number of rotatable bonds is 10. The summed E-state index contributed by atoms with van der Waals surface area (Å²) in [5, 5.41) is 7.35. The van der Waals surface area contributed by atoms with Gasteiger partial charge in [0.2, 0.25) is 0 Å². The third kappa shape index (κ3) is 6.95. The minimum atomic E-state index is -0.487. The molecule has 2 heteroatoms. The molecule has 0 N–H and O–H groups in total. The lowest BCUT2D eigenvalue weighted by atomic mass is 9.68. The normalized spacial score (nSPS) is 13.4. The van der Waals surface area contributed by atoms with Crippen LogP contribution in [0.1, 0.15) is 55.6 Å². The van der Waals surface area contributed by atoms with Crippen LogP contribution in [0.5, 0.6) is 0 Å². The van der Waals surface area contributed by atoms with Crippen LogP contribution in [-0.4, -0.2) is 0 Å². The summed E-state index contributed by atoms with van der Waals surface area (Å²) in [4.78, 5) is 4.94. The Hall–Kier alpha value is -10.3. The SMILES string of the molecule is Cc1cccc(N(c2ccc(C3(c4ccccc4)c4ccccc4-c4ccccc43)cc2)c2ccc3ccc4c(N(c5ccc(C6(c7ccccc7)c7ccccc7-c7ccccc76)cc5)c5cccc(C)c5)ccc5ccc2c3c54)c1. The van der Waals surface area contributed by atoms with Crippen LogP contribution in [-0.2, 0) is 10.8 Å². The highest BCUT2D eigenvalue weighted by molar-refractivity contribution is 6.28. The van der Waals surface area contributed by atoms with E-state index in [0.717, 1.165) is 34.1 Å². The number of benzene rings is 14. The molecule has 2 aliphatic carbocycles. The van der Waals surface area contributed by atoms with Crippen LogP contribution < -0.4 is 9.80 Å². The van der Waals surface area contributed by atoms with Crippen LogP contribution in [0.25, 0.3) is 54.6 Å². The highest BCUT2D eigenvalue weighted by Crippen LogP contribution is 2.58. The molecule has 0 radical (unpaired) electrons. The van der Waals surface area contributed by atoms with Crippen LogP contribution in [0, 0.1) is 13.8 Å². The minimum absolute atomic E-state index is 0.487. The monoisotopic (exact) mass is 1040 g/mol. The Morgan fingerprint density at radius 2 is 0.561 bits per heavy atom. The van der Waals surface area contributed by atoms with Crippen molar-refractivity contribution in [3.63, 3.8) is 0 Å². The van der Waals surface area contributed by atoms with Gasteiger partial charge in [-0.1, -0.05) is 243 Å². The second-order valence-corrected chi connectivity index (χ2v) is 22.4. The zero-order valence-electron chi connectivity index (χ0n) is 45.8. The van der Waals surface area contributed by atoms with Crippen LogP contribution >= 0.6 is 0 Å². The van der Waals surface area contributed by atoms with E-state index < -0.39 is 10.8 Å². The average molecular weight is 1050 g/mol. The first-order chi connectivity index (χ1) is 40.5. The van der Waals surface area contributed by atoms with Gasteiger partial charge in [-0.2, -0.15) is 0 Å². The van der Waals surface area contributed by atoms with Crippen molar-refractivity contribution in [2.24, 2.45) is 0 Å². The van der Waals surface area contributed by atoms with Gasteiger partial charge >= 0.3 is 0 Å². The van der Waals surface area contributed by atoms with Crippen molar-refractivity contribution in [1.82, 2.24) is 0 Å². The Morgan fingerprint density at radius 1 is 0.244 bits per heavy atom. The maximum atomic E-state index is 2.47. The molecule has 2 aliphatic rings. The summed E-state index contributed by atoms with van der Waals surface area (Å²) in [6, 6.07) is 114. The molecule has 0 heterocycles. The van der Waals surface area contributed by atoms with Gasteiger partial charge in [0.05, 0.1) is 22.2 Å². The van der Waals surface area contributed by atoms with E-state index in [9.17, 15) is 0 Å². The van der Waals surface area contributed by atoms with Crippen molar-refractivity contribution in [3.05, 3.63) is 359 Å². The molecule has 82 heavy (non-hydrogen) atoms. The van der Waals surface area contributed by atoms with E-state index in [2.05, 4.69) is 327 Å². The number of aryl methyl sites for hydroxylation is 2. The second-order valence-electron chi connectivity index (χ2n) is 22.4. The van der Waals surface area contributed by atoms with E-state index in [1.807, 2.05) is 0 Å². The summed E-state index contributed by atoms with van der Waals surface area (Å²) in [5.41, 5.74) is 23.6. The molecule has 16 rings (SSSR count). The molecule has 0 atom stereocenters. The van der Waals surface area contributed by atoms with E-state index in [-0.39, 0.29) is 0 Å². The Bertz CT molecular complexity index is 4370. The Labute approximate surface area is 479 Å². The molecule has 0 unspecified atom stereocenters. The zero-order valence-corrected chi connectivity index (χ0v) is 45.8. The van der Waals surface area contributed by atoms with Gasteiger partial charge in [-0.05, 0) is 174 Å². The fourth-order valence-corrected chi connectivity index (χ4v) is 14.7. The van der Waals surface area contributed by atoms with Crippen LogP contribution in [0.15, 0.2) is 303 Å². The van der Waals surface area contributed by atoms with Crippen LogP contribution in [0.3, 0.4) is 0 Å². The smallest absolute Gasteiger partial charge is 0.0713 e. The third-order valence-electron chi connectivity index (χ3n) is 18.1. The lowest BCUT2D eigenvalue weighted by Gasteiger charge is -2.35. The molecular formula is C80H56N2. The fraction of sp³-hybridized carbons (Fsp3) is 0.0500. The van der Waals surface area contributed by atoms with E-state index in [1.165, 1.54) is 110 Å². The molecule has 0 aromatic heterocycles. The summed E-state index contributed by atoms with van der Waals surface area (Å²) in [7, 11) is 0. The zero-order chi connectivity index (χ0) is 54.5. The topological polar surface area (TPSA) is 6.48 Å². The lowest BCUT2D eigenvalue weighted by molar-refractivity contribution is 0.768. The van der Waals surface area contributed by atoms with Crippen molar-refractivity contribution < 1.29 is 0 Å². The average Bonchev–Trinajstić information content (AvgIpc) is 2.43. The number of nitrogens with zero attached hydrogens (tertiary/aromatic N) is 2. The maximum absolute atomic E-state index is 2.47. The van der Waals surface area contributed by atoms with Crippen molar-refractivity contribution in [3.8, 4) is 22.3 Å². The van der Waals surface area contributed by atoms with Crippen LogP contribution in [0.2, 0.25) is 0 Å². The van der Waals surface area contributed by atoms with Gasteiger partial charge in [-0.25, -0.2) is 0 Å². The summed E-state index contributed by atoms with van der Waals surface area (Å²) in [6.45, 7) is 4.38. The van der Waals surface area contributed by atoms with Gasteiger partial charge in [0.25, 0.3) is 0 Å². The molecule has 0 spiro atoms. The van der Waals surface area contributed by atoms with E-state index in [0.29, 0.717) is 0 Å². The molecule has 2 nitrogen and oxygen atoms in total. The molecule has 0 fully saturated rings. The molecule has 0 saturated heterocycles. The molecule has 386 valence electrons. The van der Waals surface area contributed by atoms with Gasteiger partial charge in [0.1, 0.15) is 0 Å².